The van der Waals surface area contributed by atoms with Gasteiger partial charge >= 0.3 is 0 Å². The standard InChI is InChI=1S/C13H15N3O2S/c1-19-12-5-4-10(6-12)15-11-3-2-9(8-14)13(7-11)16(17)18/h2-3,7,10,12,15H,4-6H2,1H3. The van der Waals surface area contributed by atoms with Crippen molar-refractivity contribution in [1.82, 2.24) is 0 Å². The fourth-order valence-electron chi connectivity index (χ4n) is 2.39. The van der Waals surface area contributed by atoms with E-state index >= 15 is 0 Å². The van der Waals surface area contributed by atoms with Crippen molar-refractivity contribution in [2.75, 3.05) is 11.6 Å². The van der Waals surface area contributed by atoms with E-state index in [1.54, 1.807) is 6.07 Å². The highest BCUT2D eigenvalue weighted by Gasteiger charge is 2.24. The van der Waals surface area contributed by atoms with Crippen LogP contribution >= 0.6 is 11.8 Å². The molecule has 19 heavy (non-hydrogen) atoms. The summed E-state index contributed by atoms with van der Waals surface area (Å²) in [7, 11) is 0. The molecular formula is C13H15N3O2S. The van der Waals surface area contributed by atoms with Crippen LogP contribution in [0.1, 0.15) is 24.8 Å². The van der Waals surface area contributed by atoms with Crippen molar-refractivity contribution in [3.63, 3.8) is 0 Å². The van der Waals surface area contributed by atoms with E-state index in [1.807, 2.05) is 17.8 Å². The molecule has 2 atom stereocenters. The Morgan fingerprint density at radius 1 is 1.53 bits per heavy atom. The number of hydrogen-bond donors (Lipinski definition) is 1. The van der Waals surface area contributed by atoms with Crippen LogP contribution in [-0.4, -0.2) is 22.5 Å². The molecule has 0 amide bonds. The van der Waals surface area contributed by atoms with E-state index in [4.69, 9.17) is 5.26 Å². The number of thioether (sulfide) groups is 1. The van der Waals surface area contributed by atoms with Gasteiger partial charge in [0.1, 0.15) is 11.6 Å². The van der Waals surface area contributed by atoms with Crippen LogP contribution < -0.4 is 5.32 Å². The maximum Gasteiger partial charge on any atom is 0.289 e. The minimum atomic E-state index is -0.511. The van der Waals surface area contributed by atoms with Crippen molar-refractivity contribution in [3.8, 4) is 6.07 Å². The number of nitrogens with zero attached hydrogens (tertiary/aromatic N) is 2. The molecule has 0 saturated heterocycles. The Balaban J connectivity index is 2.12. The lowest BCUT2D eigenvalue weighted by Gasteiger charge is -2.14. The van der Waals surface area contributed by atoms with E-state index < -0.39 is 4.92 Å². The Hall–Kier alpha value is -1.74. The smallest absolute Gasteiger partial charge is 0.289 e. The molecule has 100 valence electrons. The third kappa shape index (κ3) is 3.18. The van der Waals surface area contributed by atoms with Crippen molar-refractivity contribution in [1.29, 1.82) is 5.26 Å². The summed E-state index contributed by atoms with van der Waals surface area (Å²) < 4.78 is 0. The number of nitriles is 1. The van der Waals surface area contributed by atoms with Gasteiger partial charge in [0.05, 0.1) is 4.92 Å². The van der Waals surface area contributed by atoms with Gasteiger partial charge in [-0.1, -0.05) is 0 Å². The van der Waals surface area contributed by atoms with Gasteiger partial charge in [0.2, 0.25) is 0 Å². The van der Waals surface area contributed by atoms with E-state index in [0.717, 1.165) is 18.5 Å². The summed E-state index contributed by atoms with van der Waals surface area (Å²) in [6.07, 6.45) is 5.45. The normalized spacial score (nSPS) is 21.9. The minimum Gasteiger partial charge on any atom is -0.382 e. The molecule has 0 spiro atoms. The monoisotopic (exact) mass is 277 g/mol. The minimum absolute atomic E-state index is 0.101. The van der Waals surface area contributed by atoms with Crippen molar-refractivity contribution < 1.29 is 4.92 Å². The van der Waals surface area contributed by atoms with Crippen LogP contribution in [0.5, 0.6) is 0 Å². The summed E-state index contributed by atoms with van der Waals surface area (Å²) in [5.74, 6) is 0. The van der Waals surface area contributed by atoms with Crippen molar-refractivity contribution >= 4 is 23.1 Å². The molecular weight excluding hydrogens is 262 g/mol. The van der Waals surface area contributed by atoms with Crippen molar-refractivity contribution in [3.05, 3.63) is 33.9 Å². The highest BCUT2D eigenvalue weighted by Crippen LogP contribution is 2.31. The number of rotatable bonds is 4. The van der Waals surface area contributed by atoms with Gasteiger partial charge in [-0.05, 0) is 37.7 Å². The van der Waals surface area contributed by atoms with Crippen LogP contribution in [-0.2, 0) is 0 Å². The second kappa shape index (κ2) is 5.93. The Bertz CT molecular complexity index is 527. The van der Waals surface area contributed by atoms with Gasteiger partial charge < -0.3 is 5.32 Å². The summed E-state index contributed by atoms with van der Waals surface area (Å²) >= 11 is 1.87. The largest absolute Gasteiger partial charge is 0.382 e. The van der Waals surface area contributed by atoms with Crippen LogP contribution in [0.3, 0.4) is 0 Å². The molecule has 1 N–H and O–H groups in total. The maximum absolute atomic E-state index is 10.9. The van der Waals surface area contributed by atoms with E-state index in [-0.39, 0.29) is 11.3 Å². The lowest BCUT2D eigenvalue weighted by molar-refractivity contribution is -0.385. The van der Waals surface area contributed by atoms with E-state index in [1.165, 1.54) is 18.6 Å². The van der Waals surface area contributed by atoms with Gasteiger partial charge in [-0.25, -0.2) is 0 Å². The molecule has 0 aliphatic heterocycles. The lowest BCUT2D eigenvalue weighted by atomic mass is 10.1. The first-order valence-corrected chi connectivity index (χ1v) is 7.40. The molecule has 1 aromatic rings. The Morgan fingerprint density at radius 2 is 2.32 bits per heavy atom. The van der Waals surface area contributed by atoms with Crippen LogP contribution in [0.4, 0.5) is 11.4 Å². The Labute approximate surface area is 116 Å². The SMILES string of the molecule is CSC1CCC(Nc2ccc(C#N)c([N+](=O)[O-])c2)C1. The van der Waals surface area contributed by atoms with E-state index in [2.05, 4.69) is 11.6 Å². The number of benzene rings is 1. The number of anilines is 1. The molecule has 2 unspecified atom stereocenters. The number of nitro groups is 1. The van der Waals surface area contributed by atoms with Gasteiger partial charge in [0.15, 0.2) is 0 Å². The topological polar surface area (TPSA) is 79.0 Å². The summed E-state index contributed by atoms with van der Waals surface area (Å²) in [4.78, 5) is 10.4. The van der Waals surface area contributed by atoms with Crippen LogP contribution in [0.25, 0.3) is 0 Å². The molecule has 0 aromatic heterocycles. The zero-order valence-electron chi connectivity index (χ0n) is 10.6. The second-order valence-corrected chi connectivity index (χ2v) is 5.75. The third-order valence-corrected chi connectivity index (χ3v) is 4.50. The number of hydrogen-bond acceptors (Lipinski definition) is 5. The van der Waals surface area contributed by atoms with E-state index in [0.29, 0.717) is 11.3 Å². The first-order valence-electron chi connectivity index (χ1n) is 6.12. The molecule has 1 aliphatic rings. The van der Waals surface area contributed by atoms with Gasteiger partial charge in [-0.15, -0.1) is 0 Å². The lowest BCUT2D eigenvalue weighted by Crippen LogP contribution is -2.16. The maximum atomic E-state index is 10.9. The molecule has 0 radical (unpaired) electrons. The summed E-state index contributed by atoms with van der Waals surface area (Å²) in [5.41, 5.74) is 0.688. The van der Waals surface area contributed by atoms with Crippen molar-refractivity contribution in [2.24, 2.45) is 0 Å². The van der Waals surface area contributed by atoms with Crippen LogP contribution in [0, 0.1) is 21.4 Å². The summed E-state index contributed by atoms with van der Waals surface area (Å²) in [5, 5.41) is 23.7. The van der Waals surface area contributed by atoms with Gasteiger partial charge in [0, 0.05) is 23.0 Å². The quantitative estimate of drug-likeness (QED) is 0.675. The number of nitrogens with one attached hydrogen (secondary N) is 1. The average molecular weight is 277 g/mol. The first kappa shape index (κ1) is 13.7. The van der Waals surface area contributed by atoms with Gasteiger partial charge in [-0.2, -0.15) is 17.0 Å². The first-order chi connectivity index (χ1) is 9.13. The molecule has 1 saturated carbocycles. The molecule has 0 heterocycles. The predicted octanol–water partition coefficient (Wildman–Crippen LogP) is 3.16. The third-order valence-electron chi connectivity index (χ3n) is 3.40. The second-order valence-electron chi connectivity index (χ2n) is 4.61. The molecule has 6 heteroatoms. The van der Waals surface area contributed by atoms with Crippen LogP contribution in [0.15, 0.2) is 18.2 Å². The van der Waals surface area contributed by atoms with E-state index in [9.17, 15) is 10.1 Å². The molecule has 2 rings (SSSR count). The summed E-state index contributed by atoms with van der Waals surface area (Å²) in [6, 6.07) is 6.89. The fraction of sp³-hybridized carbons (Fsp3) is 0.462. The highest BCUT2D eigenvalue weighted by molar-refractivity contribution is 7.99. The van der Waals surface area contributed by atoms with Crippen LogP contribution in [0.2, 0.25) is 0 Å². The molecule has 1 aromatic carbocycles. The van der Waals surface area contributed by atoms with Gasteiger partial charge in [0.25, 0.3) is 5.69 Å². The molecule has 1 fully saturated rings. The Morgan fingerprint density at radius 3 is 2.89 bits per heavy atom. The number of nitro benzene ring substituents is 1. The zero-order valence-corrected chi connectivity index (χ0v) is 11.4. The molecule has 5 nitrogen and oxygen atoms in total. The predicted molar refractivity (Wildman–Crippen MR) is 76.4 cm³/mol. The Kier molecular flexibility index (Phi) is 4.27. The molecule has 0 bridgehead atoms. The zero-order chi connectivity index (χ0) is 13.8. The highest BCUT2D eigenvalue weighted by atomic mass is 32.2. The van der Waals surface area contributed by atoms with Crippen molar-refractivity contribution in [2.45, 2.75) is 30.6 Å². The summed E-state index contributed by atoms with van der Waals surface area (Å²) in [6.45, 7) is 0. The average Bonchev–Trinajstić information content (AvgIpc) is 2.86. The fourth-order valence-corrected chi connectivity index (χ4v) is 3.18. The molecule has 1 aliphatic carbocycles. The van der Waals surface area contributed by atoms with Gasteiger partial charge in [-0.3, -0.25) is 10.1 Å².